The van der Waals surface area contributed by atoms with Crippen LogP contribution in [0.1, 0.15) is 12.0 Å². The van der Waals surface area contributed by atoms with Gasteiger partial charge in [-0.05, 0) is 49.4 Å². The third-order valence-corrected chi connectivity index (χ3v) is 7.00. The molecular weight excluding hydrogens is 516 g/mol. The number of anilines is 2. The van der Waals surface area contributed by atoms with Gasteiger partial charge in [0.2, 0.25) is 0 Å². The normalized spacial score (nSPS) is 11.5. The predicted molar refractivity (Wildman–Crippen MR) is 154 cm³/mol. The number of rotatable bonds is 14. The van der Waals surface area contributed by atoms with Gasteiger partial charge in [-0.1, -0.05) is 30.3 Å². The number of aromatic nitrogens is 2. The number of nitrogens with one attached hydrogen (secondary N) is 1. The Balaban J connectivity index is 1.37. The lowest BCUT2D eigenvalue weighted by Crippen LogP contribution is -2.27. The average Bonchev–Trinajstić information content (AvgIpc) is 2.94. The number of nitrogens with zero attached hydrogens (tertiary/aromatic N) is 3. The summed E-state index contributed by atoms with van der Waals surface area (Å²) in [5, 5.41) is 4.15. The molecule has 0 saturated heterocycles. The van der Waals surface area contributed by atoms with E-state index < -0.39 is 9.84 Å². The maximum Gasteiger partial charge on any atom is 0.163 e. The van der Waals surface area contributed by atoms with E-state index in [2.05, 4.69) is 15.3 Å². The van der Waals surface area contributed by atoms with Crippen LogP contribution < -0.4 is 19.5 Å². The number of hydrogen-bond acceptors (Lipinski definition) is 9. The summed E-state index contributed by atoms with van der Waals surface area (Å²) < 4.78 is 40.2. The summed E-state index contributed by atoms with van der Waals surface area (Å²) in [7, 11) is 0.524. The van der Waals surface area contributed by atoms with Crippen LogP contribution in [-0.2, 0) is 16.4 Å². The topological polar surface area (TPSA) is 103 Å². The molecule has 206 valence electrons. The highest BCUT2D eigenvalue weighted by molar-refractivity contribution is 7.90. The maximum atomic E-state index is 11.4. The zero-order chi connectivity index (χ0) is 27.7. The van der Waals surface area contributed by atoms with Gasteiger partial charge in [0, 0.05) is 36.5 Å². The first-order chi connectivity index (χ1) is 18.8. The average molecular weight is 551 g/mol. The van der Waals surface area contributed by atoms with Gasteiger partial charge in [-0.2, -0.15) is 0 Å². The van der Waals surface area contributed by atoms with Crippen molar-refractivity contribution >= 4 is 32.2 Å². The SMILES string of the molecule is COc1cc2c(Nc3ccc(OCc4ccccc4)cc3)ncnc2cc1OCCCN(C)CCS(C)(=O)=O. The van der Waals surface area contributed by atoms with Crippen molar-refractivity contribution in [3.63, 3.8) is 0 Å². The van der Waals surface area contributed by atoms with Crippen LogP contribution in [0.3, 0.4) is 0 Å². The van der Waals surface area contributed by atoms with Gasteiger partial charge in [-0.25, -0.2) is 18.4 Å². The highest BCUT2D eigenvalue weighted by Crippen LogP contribution is 2.35. The first-order valence-corrected chi connectivity index (χ1v) is 14.7. The second-order valence-electron chi connectivity index (χ2n) is 9.30. The molecule has 0 atom stereocenters. The van der Waals surface area contributed by atoms with E-state index in [1.807, 2.05) is 78.7 Å². The maximum absolute atomic E-state index is 11.4. The van der Waals surface area contributed by atoms with Crippen molar-refractivity contribution in [2.75, 3.05) is 51.2 Å². The molecule has 0 radical (unpaired) electrons. The van der Waals surface area contributed by atoms with Gasteiger partial charge in [0.25, 0.3) is 0 Å². The van der Waals surface area contributed by atoms with Crippen LogP contribution in [0.25, 0.3) is 10.9 Å². The molecule has 9 nitrogen and oxygen atoms in total. The molecule has 0 unspecified atom stereocenters. The van der Waals surface area contributed by atoms with Crippen molar-refractivity contribution in [2.24, 2.45) is 0 Å². The lowest BCUT2D eigenvalue weighted by atomic mass is 10.2. The summed E-state index contributed by atoms with van der Waals surface area (Å²) in [5.41, 5.74) is 2.69. The minimum atomic E-state index is -2.97. The van der Waals surface area contributed by atoms with Gasteiger partial charge in [0.15, 0.2) is 11.5 Å². The van der Waals surface area contributed by atoms with Gasteiger partial charge in [-0.15, -0.1) is 0 Å². The molecule has 4 aromatic rings. The van der Waals surface area contributed by atoms with Crippen molar-refractivity contribution in [1.82, 2.24) is 14.9 Å². The summed E-state index contributed by atoms with van der Waals surface area (Å²) in [5.74, 6) is 2.74. The van der Waals surface area contributed by atoms with E-state index in [0.717, 1.165) is 40.9 Å². The van der Waals surface area contributed by atoms with Crippen molar-refractivity contribution in [3.8, 4) is 17.2 Å². The van der Waals surface area contributed by atoms with E-state index in [1.165, 1.54) is 12.6 Å². The van der Waals surface area contributed by atoms with Crippen molar-refractivity contribution in [1.29, 1.82) is 0 Å². The van der Waals surface area contributed by atoms with Crippen molar-refractivity contribution in [2.45, 2.75) is 13.0 Å². The molecule has 10 heteroatoms. The Morgan fingerprint density at radius 2 is 1.69 bits per heavy atom. The Kier molecular flexibility index (Phi) is 9.56. The Bertz CT molecular complexity index is 1460. The number of benzene rings is 3. The highest BCUT2D eigenvalue weighted by atomic mass is 32.2. The molecule has 0 aliphatic carbocycles. The van der Waals surface area contributed by atoms with Crippen molar-refractivity contribution in [3.05, 3.63) is 78.6 Å². The number of hydrogen-bond donors (Lipinski definition) is 1. The zero-order valence-corrected chi connectivity index (χ0v) is 23.3. The summed E-state index contributed by atoms with van der Waals surface area (Å²) >= 11 is 0. The lowest BCUT2D eigenvalue weighted by Gasteiger charge is -2.17. The molecule has 0 bridgehead atoms. The molecule has 0 saturated carbocycles. The molecule has 0 aliphatic rings. The lowest BCUT2D eigenvalue weighted by molar-refractivity contribution is 0.259. The summed E-state index contributed by atoms with van der Waals surface area (Å²) in [6.45, 7) is 2.18. The third kappa shape index (κ3) is 8.56. The van der Waals surface area contributed by atoms with Gasteiger partial charge in [0.05, 0.1) is 25.0 Å². The number of methoxy groups -OCH3 is 1. The Labute approximate surface area is 229 Å². The van der Waals surface area contributed by atoms with E-state index in [1.54, 1.807) is 7.11 Å². The third-order valence-electron chi connectivity index (χ3n) is 6.07. The Hall–Kier alpha value is -3.89. The van der Waals surface area contributed by atoms with E-state index in [-0.39, 0.29) is 5.75 Å². The molecular formula is C29H34N4O5S. The second kappa shape index (κ2) is 13.3. The number of sulfone groups is 1. The van der Waals surface area contributed by atoms with Crippen LogP contribution in [0.2, 0.25) is 0 Å². The fourth-order valence-electron chi connectivity index (χ4n) is 3.90. The summed E-state index contributed by atoms with van der Waals surface area (Å²) in [6, 6.07) is 21.5. The Morgan fingerprint density at radius 1 is 0.923 bits per heavy atom. The first kappa shape index (κ1) is 28.1. The largest absolute Gasteiger partial charge is 0.493 e. The number of fused-ring (bicyclic) bond motifs is 1. The van der Waals surface area contributed by atoms with Gasteiger partial charge >= 0.3 is 0 Å². The highest BCUT2D eigenvalue weighted by Gasteiger charge is 2.13. The molecule has 0 aliphatic heterocycles. The van der Waals surface area contributed by atoms with E-state index >= 15 is 0 Å². The van der Waals surface area contributed by atoms with Gasteiger partial charge in [0.1, 0.15) is 34.3 Å². The standard InChI is InChI=1S/C29H34N4O5S/c1-33(15-17-39(3,34)35)14-7-16-37-28-19-26-25(18-27(28)36-2)29(31-21-30-26)32-23-10-12-24(13-11-23)38-20-22-8-5-4-6-9-22/h4-6,8-13,18-19,21H,7,14-17,20H2,1-3H3,(H,30,31,32). The van der Waals surface area contributed by atoms with Gasteiger partial charge in [-0.3, -0.25) is 0 Å². The van der Waals surface area contributed by atoms with Crippen LogP contribution in [0.5, 0.6) is 17.2 Å². The predicted octanol–water partition coefficient (Wildman–Crippen LogP) is 4.71. The van der Waals surface area contributed by atoms with E-state index in [0.29, 0.717) is 37.1 Å². The van der Waals surface area contributed by atoms with Crippen LogP contribution in [0, 0.1) is 0 Å². The van der Waals surface area contributed by atoms with E-state index in [4.69, 9.17) is 14.2 Å². The van der Waals surface area contributed by atoms with Crippen LogP contribution in [0.15, 0.2) is 73.1 Å². The molecule has 0 fully saturated rings. The number of ether oxygens (including phenoxy) is 3. The fourth-order valence-corrected chi connectivity index (χ4v) is 4.54. The molecule has 1 N–H and O–H groups in total. The molecule has 0 amide bonds. The monoisotopic (exact) mass is 550 g/mol. The molecule has 0 spiro atoms. The van der Waals surface area contributed by atoms with Gasteiger partial charge < -0.3 is 24.4 Å². The summed E-state index contributed by atoms with van der Waals surface area (Å²) in [6.07, 6.45) is 3.50. The van der Waals surface area contributed by atoms with Crippen LogP contribution in [-0.4, -0.2) is 69.1 Å². The Morgan fingerprint density at radius 3 is 2.41 bits per heavy atom. The van der Waals surface area contributed by atoms with Crippen LogP contribution >= 0.6 is 0 Å². The minimum Gasteiger partial charge on any atom is -0.493 e. The molecule has 3 aromatic carbocycles. The fraction of sp³-hybridized carbons (Fsp3) is 0.310. The zero-order valence-electron chi connectivity index (χ0n) is 22.5. The minimum absolute atomic E-state index is 0.144. The summed E-state index contributed by atoms with van der Waals surface area (Å²) in [4.78, 5) is 10.8. The second-order valence-corrected chi connectivity index (χ2v) is 11.6. The quantitative estimate of drug-likeness (QED) is 0.224. The molecule has 39 heavy (non-hydrogen) atoms. The molecule has 1 heterocycles. The van der Waals surface area contributed by atoms with Crippen molar-refractivity contribution < 1.29 is 22.6 Å². The van der Waals surface area contributed by atoms with E-state index in [9.17, 15) is 8.42 Å². The molecule has 4 rings (SSSR count). The molecule has 1 aromatic heterocycles. The first-order valence-electron chi connectivity index (χ1n) is 12.7. The van der Waals surface area contributed by atoms with Crippen LogP contribution in [0.4, 0.5) is 11.5 Å². The smallest absolute Gasteiger partial charge is 0.163 e.